The molecule has 1 aliphatic heterocycles. The summed E-state index contributed by atoms with van der Waals surface area (Å²) in [7, 11) is 0. The maximum absolute atomic E-state index is 12.7. The van der Waals surface area contributed by atoms with Gasteiger partial charge in [0, 0.05) is 30.6 Å². The molecule has 0 aromatic heterocycles. The summed E-state index contributed by atoms with van der Waals surface area (Å²) in [6.07, 6.45) is 4.21. The van der Waals surface area contributed by atoms with E-state index in [0.717, 1.165) is 44.0 Å². The van der Waals surface area contributed by atoms with Crippen molar-refractivity contribution in [1.29, 1.82) is 0 Å². The number of benzene rings is 1. The average Bonchev–Trinajstić information content (AvgIpc) is 2.66. The number of halogens is 1. The lowest BCUT2D eigenvalue weighted by Gasteiger charge is -2.38. The number of ether oxygens (including phenoxy) is 1. The summed E-state index contributed by atoms with van der Waals surface area (Å²) in [6, 6.07) is 5.93. The fourth-order valence-corrected chi connectivity index (χ4v) is 4.08. The van der Waals surface area contributed by atoms with E-state index in [1.807, 2.05) is 18.4 Å². The van der Waals surface area contributed by atoms with Crippen LogP contribution in [0.3, 0.4) is 0 Å². The van der Waals surface area contributed by atoms with Gasteiger partial charge in [-0.2, -0.15) is 0 Å². The first-order valence-corrected chi connectivity index (χ1v) is 10.6. The zero-order valence-electron chi connectivity index (χ0n) is 15.4. The highest BCUT2D eigenvalue weighted by Gasteiger charge is 2.27. The van der Waals surface area contributed by atoms with Crippen LogP contribution in [-0.2, 0) is 4.74 Å². The molecule has 1 heterocycles. The Bertz CT molecular complexity index is 560. The Morgan fingerprint density at radius 1 is 1.32 bits per heavy atom. The van der Waals surface area contributed by atoms with Gasteiger partial charge in [-0.25, -0.2) is 0 Å². The zero-order chi connectivity index (χ0) is 18.2. The molecule has 1 fully saturated rings. The lowest BCUT2D eigenvalue weighted by molar-refractivity contribution is 0.00191. The lowest BCUT2D eigenvalue weighted by Crippen LogP contribution is -2.52. The van der Waals surface area contributed by atoms with Crippen LogP contribution in [0, 0.1) is 5.92 Å². The predicted octanol–water partition coefficient (Wildman–Crippen LogP) is 3.93. The number of hydrogen-bond donors (Lipinski definition) is 1. The van der Waals surface area contributed by atoms with Crippen LogP contribution in [0.2, 0.25) is 5.02 Å². The van der Waals surface area contributed by atoms with E-state index < -0.39 is 0 Å². The molecule has 0 bridgehead atoms. The second-order valence-electron chi connectivity index (χ2n) is 6.35. The van der Waals surface area contributed by atoms with Crippen LogP contribution >= 0.6 is 23.4 Å². The van der Waals surface area contributed by atoms with Crippen LogP contribution in [0.5, 0.6) is 0 Å². The molecule has 1 atom stereocenters. The Labute approximate surface area is 160 Å². The Morgan fingerprint density at radius 2 is 2.00 bits per heavy atom. The molecule has 1 amide bonds. The van der Waals surface area contributed by atoms with Gasteiger partial charge in [-0.3, -0.25) is 9.69 Å². The number of morpholine rings is 1. The Kier molecular flexibility index (Phi) is 8.56. The summed E-state index contributed by atoms with van der Waals surface area (Å²) < 4.78 is 5.48. The standard InChI is InChI=1S/C19H29ClN2O2S/c1-4-14(5-2)18(22-8-10-24-11-9-22)13-21-19(23)16-12-15(25-3)6-7-17(16)20/h6-7,12,14,18H,4-5,8-11,13H2,1-3H3,(H,21,23)/t18-/m1/s1. The number of carbonyl (C=O) groups is 1. The van der Waals surface area contributed by atoms with Gasteiger partial charge in [-0.05, 0) is 30.4 Å². The third-order valence-electron chi connectivity index (χ3n) is 5.00. The Balaban J connectivity index is 2.07. The lowest BCUT2D eigenvalue weighted by atomic mass is 9.92. The smallest absolute Gasteiger partial charge is 0.252 e. The minimum absolute atomic E-state index is 0.0925. The van der Waals surface area contributed by atoms with Crippen LogP contribution in [-0.4, -0.2) is 56.0 Å². The predicted molar refractivity (Wildman–Crippen MR) is 106 cm³/mol. The van der Waals surface area contributed by atoms with Crippen molar-refractivity contribution in [3.8, 4) is 0 Å². The quantitative estimate of drug-likeness (QED) is 0.689. The number of thioether (sulfide) groups is 1. The molecule has 1 aromatic carbocycles. The number of hydrogen-bond acceptors (Lipinski definition) is 4. The number of amides is 1. The molecule has 1 N–H and O–H groups in total. The third-order valence-corrected chi connectivity index (χ3v) is 6.05. The second-order valence-corrected chi connectivity index (χ2v) is 7.63. The first kappa shape index (κ1) is 20.6. The number of nitrogens with one attached hydrogen (secondary N) is 1. The van der Waals surface area contributed by atoms with E-state index in [-0.39, 0.29) is 5.91 Å². The monoisotopic (exact) mass is 384 g/mol. The van der Waals surface area contributed by atoms with Crippen molar-refractivity contribution in [2.75, 3.05) is 39.1 Å². The van der Waals surface area contributed by atoms with Crippen molar-refractivity contribution in [3.63, 3.8) is 0 Å². The summed E-state index contributed by atoms with van der Waals surface area (Å²) in [5.74, 6) is 0.469. The van der Waals surface area contributed by atoms with E-state index in [1.165, 1.54) is 0 Å². The van der Waals surface area contributed by atoms with E-state index in [9.17, 15) is 4.79 Å². The summed E-state index contributed by atoms with van der Waals surface area (Å²) in [5.41, 5.74) is 0.554. The molecule has 1 aromatic rings. The van der Waals surface area contributed by atoms with Crippen molar-refractivity contribution >= 4 is 29.3 Å². The molecule has 1 saturated heterocycles. The van der Waals surface area contributed by atoms with Gasteiger partial charge in [0.25, 0.3) is 5.91 Å². The van der Waals surface area contributed by atoms with Gasteiger partial charge in [0.05, 0.1) is 23.8 Å². The number of nitrogens with zero attached hydrogens (tertiary/aromatic N) is 1. The van der Waals surface area contributed by atoms with E-state index in [4.69, 9.17) is 16.3 Å². The van der Waals surface area contributed by atoms with E-state index in [2.05, 4.69) is 24.1 Å². The zero-order valence-corrected chi connectivity index (χ0v) is 17.0. The van der Waals surface area contributed by atoms with Crippen LogP contribution < -0.4 is 5.32 Å². The highest BCUT2D eigenvalue weighted by Crippen LogP contribution is 2.24. The van der Waals surface area contributed by atoms with Crippen molar-refractivity contribution in [2.24, 2.45) is 5.92 Å². The minimum Gasteiger partial charge on any atom is -0.379 e. The van der Waals surface area contributed by atoms with Crippen LogP contribution in [0.4, 0.5) is 0 Å². The molecule has 140 valence electrons. The van der Waals surface area contributed by atoms with Crippen LogP contribution in [0.25, 0.3) is 0 Å². The first-order chi connectivity index (χ1) is 12.1. The SMILES string of the molecule is CCC(CC)[C@@H](CNC(=O)c1cc(SC)ccc1Cl)N1CCOCC1. The molecule has 4 nitrogen and oxygen atoms in total. The van der Waals surface area contributed by atoms with Gasteiger partial charge < -0.3 is 10.1 Å². The molecule has 0 radical (unpaired) electrons. The molecular formula is C19H29ClN2O2S. The van der Waals surface area contributed by atoms with E-state index in [0.29, 0.717) is 29.1 Å². The molecule has 1 aliphatic rings. The highest BCUT2D eigenvalue weighted by molar-refractivity contribution is 7.98. The van der Waals surface area contributed by atoms with Crippen molar-refractivity contribution in [3.05, 3.63) is 28.8 Å². The number of rotatable bonds is 8. The molecule has 0 unspecified atom stereocenters. The molecule has 0 saturated carbocycles. The van der Waals surface area contributed by atoms with Crippen molar-refractivity contribution in [2.45, 2.75) is 37.6 Å². The molecule has 0 aliphatic carbocycles. The second kappa shape index (κ2) is 10.4. The summed E-state index contributed by atoms with van der Waals surface area (Å²) in [5, 5.41) is 3.62. The summed E-state index contributed by atoms with van der Waals surface area (Å²) in [6.45, 7) is 8.49. The van der Waals surface area contributed by atoms with Gasteiger partial charge >= 0.3 is 0 Å². The summed E-state index contributed by atoms with van der Waals surface area (Å²) in [4.78, 5) is 16.2. The largest absolute Gasteiger partial charge is 0.379 e. The van der Waals surface area contributed by atoms with Crippen molar-refractivity contribution < 1.29 is 9.53 Å². The van der Waals surface area contributed by atoms with Gasteiger partial charge in [0.15, 0.2) is 0 Å². The van der Waals surface area contributed by atoms with Gasteiger partial charge in [0.2, 0.25) is 0 Å². The fraction of sp³-hybridized carbons (Fsp3) is 0.632. The van der Waals surface area contributed by atoms with Gasteiger partial charge in [-0.1, -0.05) is 38.3 Å². The molecule has 2 rings (SSSR count). The average molecular weight is 385 g/mol. The van der Waals surface area contributed by atoms with Gasteiger partial charge in [-0.15, -0.1) is 11.8 Å². The number of carbonyl (C=O) groups excluding carboxylic acids is 1. The molecule has 6 heteroatoms. The normalized spacial score (nSPS) is 16.8. The fourth-order valence-electron chi connectivity index (χ4n) is 3.43. The topological polar surface area (TPSA) is 41.6 Å². The molecule has 0 spiro atoms. The third kappa shape index (κ3) is 5.61. The van der Waals surface area contributed by atoms with E-state index >= 15 is 0 Å². The maximum atomic E-state index is 12.7. The maximum Gasteiger partial charge on any atom is 0.252 e. The van der Waals surface area contributed by atoms with Crippen LogP contribution in [0.1, 0.15) is 37.0 Å². The van der Waals surface area contributed by atoms with Crippen molar-refractivity contribution in [1.82, 2.24) is 10.2 Å². The summed E-state index contributed by atoms with van der Waals surface area (Å²) >= 11 is 7.84. The molecule has 25 heavy (non-hydrogen) atoms. The molecular weight excluding hydrogens is 356 g/mol. The highest BCUT2D eigenvalue weighted by atomic mass is 35.5. The first-order valence-electron chi connectivity index (χ1n) is 9.04. The Morgan fingerprint density at radius 3 is 2.60 bits per heavy atom. The minimum atomic E-state index is -0.0925. The van der Waals surface area contributed by atoms with Gasteiger partial charge in [0.1, 0.15) is 0 Å². The van der Waals surface area contributed by atoms with E-state index in [1.54, 1.807) is 17.8 Å². The van der Waals surface area contributed by atoms with Crippen LogP contribution in [0.15, 0.2) is 23.1 Å². The Hall–Kier alpha value is -0.750.